The van der Waals surface area contributed by atoms with Crippen LogP contribution in [-0.2, 0) is 0 Å². The number of nitrogens with zero attached hydrogens (tertiary/aromatic N) is 3. The van der Waals surface area contributed by atoms with Crippen LogP contribution in [0.3, 0.4) is 0 Å². The fourth-order valence-electron chi connectivity index (χ4n) is 3.59. The normalized spacial score (nSPS) is 15.1. The van der Waals surface area contributed by atoms with Crippen LogP contribution in [0.15, 0.2) is 67.3 Å². The van der Waals surface area contributed by atoms with Gasteiger partial charge in [-0.3, -0.25) is 0 Å². The molecule has 0 saturated heterocycles. The molecule has 0 spiro atoms. The van der Waals surface area contributed by atoms with Gasteiger partial charge in [0.25, 0.3) is 0 Å². The number of rotatable bonds is 7. The minimum absolute atomic E-state index is 0.286. The molecule has 0 radical (unpaired) electrons. The second kappa shape index (κ2) is 8.37. The van der Waals surface area contributed by atoms with Crippen LogP contribution in [0.5, 0.6) is 5.75 Å². The van der Waals surface area contributed by atoms with E-state index in [4.69, 9.17) is 4.74 Å². The minimum Gasteiger partial charge on any atom is -0.466 e. The first-order valence-electron chi connectivity index (χ1n) is 10.1. The van der Waals surface area contributed by atoms with E-state index in [9.17, 15) is 5.11 Å². The molecule has 154 valence electrons. The van der Waals surface area contributed by atoms with Crippen LogP contribution in [0, 0.1) is 11.3 Å². The van der Waals surface area contributed by atoms with Gasteiger partial charge < -0.3 is 9.84 Å². The Bertz CT molecular complexity index is 884. The van der Waals surface area contributed by atoms with Gasteiger partial charge in [0, 0.05) is 0 Å². The summed E-state index contributed by atoms with van der Waals surface area (Å²) in [5, 5.41) is 16.1. The number of ether oxygens (including phenoxy) is 1. The van der Waals surface area contributed by atoms with Crippen LogP contribution in [-0.4, -0.2) is 25.5 Å². The van der Waals surface area contributed by atoms with E-state index in [1.807, 2.05) is 63.2 Å². The molecule has 0 aliphatic heterocycles. The lowest BCUT2D eigenvalue weighted by Gasteiger charge is -2.46. The Labute approximate surface area is 173 Å². The topological polar surface area (TPSA) is 60.2 Å². The summed E-state index contributed by atoms with van der Waals surface area (Å²) in [5.41, 5.74) is 0.687. The van der Waals surface area contributed by atoms with Gasteiger partial charge in [-0.05, 0) is 41.0 Å². The van der Waals surface area contributed by atoms with Crippen molar-refractivity contribution in [1.29, 1.82) is 0 Å². The Morgan fingerprint density at radius 3 is 2.10 bits per heavy atom. The van der Waals surface area contributed by atoms with E-state index in [-0.39, 0.29) is 5.92 Å². The van der Waals surface area contributed by atoms with Crippen molar-refractivity contribution < 1.29 is 9.84 Å². The predicted molar refractivity (Wildman–Crippen MR) is 115 cm³/mol. The summed E-state index contributed by atoms with van der Waals surface area (Å²) in [6.45, 7) is 10.3. The zero-order chi connectivity index (χ0) is 21.1. The summed E-state index contributed by atoms with van der Waals surface area (Å²) in [6.07, 6.45) is 2.94. The Hall–Kier alpha value is -2.66. The number of aliphatic hydroxyl groups is 1. The number of hydrogen-bond acceptors (Lipinski definition) is 4. The first-order valence-corrected chi connectivity index (χ1v) is 10.1. The van der Waals surface area contributed by atoms with Crippen molar-refractivity contribution in [2.24, 2.45) is 11.3 Å². The van der Waals surface area contributed by atoms with Gasteiger partial charge in [-0.15, -0.1) is 0 Å². The molecule has 2 aromatic carbocycles. The Morgan fingerprint density at radius 1 is 0.966 bits per heavy atom. The van der Waals surface area contributed by atoms with Gasteiger partial charge in [-0.1, -0.05) is 77.1 Å². The van der Waals surface area contributed by atoms with Crippen molar-refractivity contribution in [3.05, 3.63) is 67.3 Å². The lowest BCUT2D eigenvalue weighted by atomic mass is 9.71. The molecule has 2 atom stereocenters. The highest BCUT2D eigenvalue weighted by molar-refractivity contribution is 5.63. The fraction of sp³-hybridized carbons (Fsp3) is 0.417. The quantitative estimate of drug-likeness (QED) is 0.588. The maximum atomic E-state index is 11.8. The lowest BCUT2D eigenvalue weighted by molar-refractivity contribution is -0.175. The highest BCUT2D eigenvalue weighted by atomic mass is 16.5. The van der Waals surface area contributed by atoms with Crippen molar-refractivity contribution in [2.75, 3.05) is 0 Å². The van der Waals surface area contributed by atoms with Crippen LogP contribution >= 0.6 is 0 Å². The summed E-state index contributed by atoms with van der Waals surface area (Å²) in [4.78, 5) is 4.07. The van der Waals surface area contributed by atoms with Gasteiger partial charge in [-0.25, -0.2) is 9.67 Å². The third-order valence-electron chi connectivity index (χ3n) is 5.31. The number of aromatic nitrogens is 3. The summed E-state index contributed by atoms with van der Waals surface area (Å²) >= 11 is 0. The van der Waals surface area contributed by atoms with E-state index >= 15 is 0 Å². The van der Waals surface area contributed by atoms with Crippen LogP contribution in [0.1, 0.15) is 47.3 Å². The van der Waals surface area contributed by atoms with Crippen molar-refractivity contribution >= 4 is 0 Å². The molecule has 1 heterocycles. The summed E-state index contributed by atoms with van der Waals surface area (Å²) in [5.74, 6) is 0.964. The standard InChI is InChI=1S/C24H31N3O2/c1-18(2)15-24(28,23(3,4)5)22(27-17-25-16-26-27)29-21-13-11-20(12-14-21)19-9-7-6-8-10-19/h6-14,16-18,22,28H,15H2,1-5H3. The van der Waals surface area contributed by atoms with Gasteiger partial charge in [0.15, 0.2) is 0 Å². The molecule has 5 nitrogen and oxygen atoms in total. The van der Waals surface area contributed by atoms with Gasteiger partial charge in [0.2, 0.25) is 6.23 Å². The van der Waals surface area contributed by atoms with Crippen molar-refractivity contribution in [3.63, 3.8) is 0 Å². The predicted octanol–water partition coefficient (Wildman–Crippen LogP) is 5.35. The molecule has 3 aromatic rings. The minimum atomic E-state index is -1.15. The second-order valence-electron chi connectivity index (χ2n) is 9.01. The SMILES string of the molecule is CC(C)CC(O)(C(Oc1ccc(-c2ccccc2)cc1)n1cncn1)C(C)(C)C. The smallest absolute Gasteiger partial charge is 0.222 e. The molecule has 0 aliphatic carbocycles. The Balaban J connectivity index is 1.94. The highest BCUT2D eigenvalue weighted by Gasteiger charge is 2.50. The van der Waals surface area contributed by atoms with Gasteiger partial charge >= 0.3 is 0 Å². The summed E-state index contributed by atoms with van der Waals surface area (Å²) in [6, 6.07) is 18.1. The number of hydrogen-bond donors (Lipinski definition) is 1. The average Bonchev–Trinajstić information content (AvgIpc) is 3.20. The van der Waals surface area contributed by atoms with E-state index in [0.717, 1.165) is 11.1 Å². The molecule has 5 heteroatoms. The molecule has 2 unspecified atom stereocenters. The molecule has 0 amide bonds. The molecular weight excluding hydrogens is 362 g/mol. The number of benzene rings is 2. The van der Waals surface area contributed by atoms with E-state index < -0.39 is 17.2 Å². The average molecular weight is 394 g/mol. The maximum Gasteiger partial charge on any atom is 0.222 e. The molecular formula is C24H31N3O2. The van der Waals surface area contributed by atoms with Crippen molar-refractivity contribution in [2.45, 2.75) is 52.9 Å². The zero-order valence-electron chi connectivity index (χ0n) is 17.9. The van der Waals surface area contributed by atoms with Crippen LogP contribution in [0.25, 0.3) is 11.1 Å². The first kappa shape index (κ1) is 21.1. The fourth-order valence-corrected chi connectivity index (χ4v) is 3.59. The van der Waals surface area contributed by atoms with E-state index in [0.29, 0.717) is 12.2 Å². The largest absolute Gasteiger partial charge is 0.466 e. The zero-order valence-corrected chi connectivity index (χ0v) is 17.9. The van der Waals surface area contributed by atoms with Gasteiger partial charge in [0.1, 0.15) is 24.0 Å². The molecule has 3 rings (SSSR count). The molecule has 1 N–H and O–H groups in total. The molecule has 0 fully saturated rings. The molecule has 1 aromatic heterocycles. The third-order valence-corrected chi connectivity index (χ3v) is 5.31. The van der Waals surface area contributed by atoms with E-state index in [2.05, 4.69) is 36.1 Å². The van der Waals surface area contributed by atoms with Crippen molar-refractivity contribution in [1.82, 2.24) is 14.8 Å². The van der Waals surface area contributed by atoms with Crippen LogP contribution in [0.2, 0.25) is 0 Å². The maximum absolute atomic E-state index is 11.8. The van der Waals surface area contributed by atoms with Crippen LogP contribution in [0.4, 0.5) is 0 Å². The molecule has 0 bridgehead atoms. The molecule has 0 saturated carbocycles. The van der Waals surface area contributed by atoms with Crippen molar-refractivity contribution in [3.8, 4) is 16.9 Å². The highest BCUT2D eigenvalue weighted by Crippen LogP contribution is 2.44. The van der Waals surface area contributed by atoms with E-state index in [1.165, 1.54) is 6.33 Å². The van der Waals surface area contributed by atoms with Crippen LogP contribution < -0.4 is 4.74 Å². The van der Waals surface area contributed by atoms with Gasteiger partial charge in [-0.2, -0.15) is 5.10 Å². The summed E-state index contributed by atoms with van der Waals surface area (Å²) < 4.78 is 7.96. The summed E-state index contributed by atoms with van der Waals surface area (Å²) in [7, 11) is 0. The molecule has 29 heavy (non-hydrogen) atoms. The molecule has 0 aliphatic rings. The lowest BCUT2D eigenvalue weighted by Crippen LogP contribution is -2.53. The third kappa shape index (κ3) is 4.67. The Kier molecular flexibility index (Phi) is 6.08. The first-order chi connectivity index (χ1) is 13.7. The van der Waals surface area contributed by atoms with E-state index in [1.54, 1.807) is 11.0 Å². The van der Waals surface area contributed by atoms with Gasteiger partial charge in [0.05, 0.1) is 0 Å². The Morgan fingerprint density at radius 2 is 1.59 bits per heavy atom. The second-order valence-corrected chi connectivity index (χ2v) is 9.01. The monoisotopic (exact) mass is 393 g/mol.